The first-order chi connectivity index (χ1) is 12.5. The monoisotopic (exact) mass is 354 g/mol. The van der Waals surface area contributed by atoms with Crippen LogP contribution in [0.1, 0.15) is 25.0 Å². The Kier molecular flexibility index (Phi) is 7.21. The van der Waals surface area contributed by atoms with Gasteiger partial charge in [-0.1, -0.05) is 42.5 Å². The lowest BCUT2D eigenvalue weighted by Gasteiger charge is -2.28. The van der Waals surface area contributed by atoms with Crippen molar-refractivity contribution in [3.63, 3.8) is 0 Å². The molecule has 2 amide bonds. The van der Waals surface area contributed by atoms with E-state index >= 15 is 0 Å². The molecular weight excluding hydrogens is 328 g/mol. The molecule has 0 aliphatic carbocycles. The van der Waals surface area contributed by atoms with Gasteiger partial charge in [0.05, 0.1) is 0 Å². The fourth-order valence-electron chi connectivity index (χ4n) is 2.62. The van der Waals surface area contributed by atoms with Crippen LogP contribution in [0.2, 0.25) is 0 Å². The van der Waals surface area contributed by atoms with Gasteiger partial charge < -0.3 is 15.0 Å². The number of nitrogens with one attached hydrogen (secondary N) is 1. The maximum atomic E-state index is 12.8. The molecule has 2 aromatic carbocycles. The van der Waals surface area contributed by atoms with E-state index in [0.717, 1.165) is 11.1 Å². The van der Waals surface area contributed by atoms with Crippen LogP contribution in [-0.2, 0) is 16.1 Å². The third kappa shape index (κ3) is 5.62. The predicted octanol–water partition coefficient (Wildman–Crippen LogP) is 2.93. The summed E-state index contributed by atoms with van der Waals surface area (Å²) < 4.78 is 5.63. The molecule has 138 valence electrons. The summed E-state index contributed by atoms with van der Waals surface area (Å²) in [5, 5.41) is 2.77. The Hall–Kier alpha value is -2.82. The average Bonchev–Trinajstić information content (AvgIpc) is 2.65. The van der Waals surface area contributed by atoms with E-state index in [9.17, 15) is 9.59 Å². The van der Waals surface area contributed by atoms with Gasteiger partial charge in [-0.05, 0) is 44.0 Å². The molecule has 0 aliphatic rings. The van der Waals surface area contributed by atoms with E-state index < -0.39 is 6.04 Å². The molecular formula is C21H26N2O3. The lowest BCUT2D eigenvalue weighted by molar-refractivity contribution is -0.142. The van der Waals surface area contributed by atoms with Crippen molar-refractivity contribution < 1.29 is 14.3 Å². The number of benzene rings is 2. The minimum atomic E-state index is -0.580. The van der Waals surface area contributed by atoms with Crippen molar-refractivity contribution in [2.75, 3.05) is 13.2 Å². The van der Waals surface area contributed by atoms with Crippen molar-refractivity contribution in [2.24, 2.45) is 0 Å². The molecule has 1 N–H and O–H groups in total. The fourth-order valence-corrected chi connectivity index (χ4v) is 2.62. The van der Waals surface area contributed by atoms with Crippen molar-refractivity contribution in [1.82, 2.24) is 10.2 Å². The molecule has 26 heavy (non-hydrogen) atoms. The van der Waals surface area contributed by atoms with Crippen LogP contribution in [0, 0.1) is 6.92 Å². The summed E-state index contributed by atoms with van der Waals surface area (Å²) in [5.74, 6) is 0.241. The summed E-state index contributed by atoms with van der Waals surface area (Å²) in [5.41, 5.74) is 2.03. The number of likely N-dealkylation sites (N-methyl/N-ethyl adjacent to an activating group) is 1. The Labute approximate surface area is 155 Å². The molecule has 0 saturated heterocycles. The van der Waals surface area contributed by atoms with Gasteiger partial charge in [0, 0.05) is 13.1 Å². The van der Waals surface area contributed by atoms with Crippen molar-refractivity contribution in [3.8, 4) is 5.75 Å². The number of nitrogens with zero attached hydrogens (tertiary/aromatic N) is 1. The van der Waals surface area contributed by atoms with Gasteiger partial charge in [0.1, 0.15) is 11.8 Å². The predicted molar refractivity (Wildman–Crippen MR) is 102 cm³/mol. The highest BCUT2D eigenvalue weighted by atomic mass is 16.5. The van der Waals surface area contributed by atoms with Crippen LogP contribution < -0.4 is 10.1 Å². The van der Waals surface area contributed by atoms with Crippen LogP contribution in [-0.4, -0.2) is 35.9 Å². The van der Waals surface area contributed by atoms with E-state index in [-0.39, 0.29) is 18.4 Å². The summed E-state index contributed by atoms with van der Waals surface area (Å²) in [7, 11) is 0. The molecule has 0 aromatic heterocycles. The second kappa shape index (κ2) is 9.61. The maximum absolute atomic E-state index is 12.8. The van der Waals surface area contributed by atoms with Gasteiger partial charge in [0.2, 0.25) is 5.91 Å². The summed E-state index contributed by atoms with van der Waals surface area (Å²) >= 11 is 0. The van der Waals surface area contributed by atoms with Crippen LogP contribution in [0.4, 0.5) is 0 Å². The van der Waals surface area contributed by atoms with Crippen molar-refractivity contribution >= 4 is 11.8 Å². The average molecular weight is 354 g/mol. The SMILES string of the molecule is CCNC(=O)[C@@H](C)N(Cc1ccccc1)C(=O)COc1cccc(C)c1. The number of hydrogen-bond acceptors (Lipinski definition) is 3. The van der Waals surface area contributed by atoms with E-state index in [1.807, 2.05) is 68.4 Å². The maximum Gasteiger partial charge on any atom is 0.261 e. The molecule has 0 saturated carbocycles. The van der Waals surface area contributed by atoms with Gasteiger partial charge in [0.15, 0.2) is 6.61 Å². The standard InChI is InChI=1S/C21H26N2O3/c1-4-22-21(25)17(3)23(14-18-10-6-5-7-11-18)20(24)15-26-19-12-8-9-16(2)13-19/h5-13,17H,4,14-15H2,1-3H3,(H,22,25)/t17-/m1/s1. The molecule has 2 rings (SSSR count). The van der Waals surface area contributed by atoms with Crippen LogP contribution >= 0.6 is 0 Å². The number of hydrogen-bond donors (Lipinski definition) is 1. The smallest absolute Gasteiger partial charge is 0.261 e. The molecule has 0 bridgehead atoms. The summed E-state index contributed by atoms with van der Waals surface area (Å²) in [6.45, 7) is 6.33. The summed E-state index contributed by atoms with van der Waals surface area (Å²) in [4.78, 5) is 26.6. The third-order valence-electron chi connectivity index (χ3n) is 4.07. The molecule has 1 atom stereocenters. The van der Waals surface area contributed by atoms with Gasteiger partial charge in [-0.15, -0.1) is 0 Å². The largest absolute Gasteiger partial charge is 0.484 e. The van der Waals surface area contributed by atoms with E-state index in [1.54, 1.807) is 11.8 Å². The Morgan fingerprint density at radius 2 is 1.85 bits per heavy atom. The fraction of sp³-hybridized carbons (Fsp3) is 0.333. The normalized spacial score (nSPS) is 11.5. The molecule has 0 radical (unpaired) electrons. The lowest BCUT2D eigenvalue weighted by atomic mass is 10.1. The number of carbonyl (C=O) groups is 2. The van der Waals surface area contributed by atoms with Crippen LogP contribution in [0.3, 0.4) is 0 Å². The van der Waals surface area contributed by atoms with Crippen LogP contribution in [0.25, 0.3) is 0 Å². The number of aryl methyl sites for hydroxylation is 1. The van der Waals surface area contributed by atoms with Gasteiger partial charge in [-0.25, -0.2) is 0 Å². The zero-order valence-electron chi connectivity index (χ0n) is 15.6. The first-order valence-corrected chi connectivity index (χ1v) is 8.81. The van der Waals surface area contributed by atoms with Crippen molar-refractivity contribution in [3.05, 3.63) is 65.7 Å². The lowest BCUT2D eigenvalue weighted by Crippen LogP contribution is -2.49. The number of ether oxygens (including phenoxy) is 1. The zero-order valence-corrected chi connectivity index (χ0v) is 15.6. The summed E-state index contributed by atoms with van der Waals surface area (Å²) in [6, 6.07) is 16.6. The molecule has 0 aliphatic heterocycles. The zero-order chi connectivity index (χ0) is 18.9. The highest BCUT2D eigenvalue weighted by Gasteiger charge is 2.26. The number of amides is 2. The second-order valence-electron chi connectivity index (χ2n) is 6.18. The first-order valence-electron chi connectivity index (χ1n) is 8.81. The minimum absolute atomic E-state index is 0.111. The van der Waals surface area contributed by atoms with E-state index in [4.69, 9.17) is 4.74 Å². The van der Waals surface area contributed by atoms with Gasteiger partial charge >= 0.3 is 0 Å². The number of carbonyl (C=O) groups excluding carboxylic acids is 2. The molecule has 0 fully saturated rings. The molecule has 0 spiro atoms. The molecule has 5 nitrogen and oxygen atoms in total. The Morgan fingerprint density at radius 3 is 2.50 bits per heavy atom. The molecule has 0 heterocycles. The molecule has 0 unspecified atom stereocenters. The van der Waals surface area contributed by atoms with Gasteiger partial charge in [-0.2, -0.15) is 0 Å². The van der Waals surface area contributed by atoms with E-state index in [0.29, 0.717) is 18.8 Å². The van der Waals surface area contributed by atoms with Crippen molar-refractivity contribution in [2.45, 2.75) is 33.4 Å². The second-order valence-corrected chi connectivity index (χ2v) is 6.18. The van der Waals surface area contributed by atoms with E-state index in [1.165, 1.54) is 0 Å². The van der Waals surface area contributed by atoms with Crippen LogP contribution in [0.5, 0.6) is 5.75 Å². The first kappa shape index (κ1) is 19.5. The Bertz CT molecular complexity index is 731. The topological polar surface area (TPSA) is 58.6 Å². The quantitative estimate of drug-likeness (QED) is 0.793. The van der Waals surface area contributed by atoms with Gasteiger partial charge in [0.25, 0.3) is 5.91 Å². The molecule has 5 heteroatoms. The number of rotatable bonds is 8. The highest BCUT2D eigenvalue weighted by molar-refractivity contribution is 5.87. The van der Waals surface area contributed by atoms with Gasteiger partial charge in [-0.3, -0.25) is 9.59 Å². The minimum Gasteiger partial charge on any atom is -0.484 e. The Balaban J connectivity index is 2.10. The van der Waals surface area contributed by atoms with Crippen molar-refractivity contribution in [1.29, 1.82) is 0 Å². The van der Waals surface area contributed by atoms with Crippen LogP contribution in [0.15, 0.2) is 54.6 Å². The highest BCUT2D eigenvalue weighted by Crippen LogP contribution is 2.14. The summed E-state index contributed by atoms with van der Waals surface area (Å²) in [6.07, 6.45) is 0. The molecule has 2 aromatic rings. The Morgan fingerprint density at radius 1 is 1.12 bits per heavy atom. The van der Waals surface area contributed by atoms with E-state index in [2.05, 4.69) is 5.32 Å². The third-order valence-corrected chi connectivity index (χ3v) is 4.07.